The number of ether oxygens (including phenoxy) is 1. The molecule has 0 spiro atoms. The van der Waals surface area contributed by atoms with Crippen LogP contribution in [0.4, 0.5) is 5.69 Å². The van der Waals surface area contributed by atoms with Gasteiger partial charge < -0.3 is 24.6 Å². The summed E-state index contributed by atoms with van der Waals surface area (Å²) in [5.74, 6) is -0.472. The van der Waals surface area contributed by atoms with Crippen LogP contribution in [-0.2, 0) is 11.2 Å². The molecule has 136 valence electrons. The molecule has 2 aromatic carbocycles. The smallest absolute Gasteiger partial charge is 0.286 e. The first-order valence-corrected chi connectivity index (χ1v) is 8.22. The maximum Gasteiger partial charge on any atom is 0.286 e. The minimum absolute atomic E-state index is 0.0665. The number of fused-ring (bicyclic) bond motifs is 2. The van der Waals surface area contributed by atoms with Gasteiger partial charge in [-0.2, -0.15) is 0 Å². The molecule has 7 nitrogen and oxygen atoms in total. The predicted octanol–water partition coefficient (Wildman–Crippen LogP) is 3.47. The summed E-state index contributed by atoms with van der Waals surface area (Å²) in [4.78, 5) is 24.3. The van der Waals surface area contributed by atoms with E-state index in [4.69, 9.17) is 19.3 Å². The third-order valence-electron chi connectivity index (χ3n) is 4.30. The fourth-order valence-corrected chi connectivity index (χ4v) is 3.03. The summed E-state index contributed by atoms with van der Waals surface area (Å²) >= 11 is 0. The van der Waals surface area contributed by atoms with E-state index in [1.807, 2.05) is 6.07 Å². The quantitative estimate of drug-likeness (QED) is 0.564. The van der Waals surface area contributed by atoms with Gasteiger partial charge in [0.1, 0.15) is 22.6 Å². The number of nitrogens with one attached hydrogen (secondary N) is 1. The lowest BCUT2D eigenvalue weighted by atomic mass is 10.1. The van der Waals surface area contributed by atoms with E-state index in [9.17, 15) is 9.59 Å². The molecule has 4 rings (SSSR count). The number of nitrogens with two attached hydrogens (primary N) is 1. The van der Waals surface area contributed by atoms with Gasteiger partial charge >= 0.3 is 0 Å². The van der Waals surface area contributed by atoms with Crippen molar-refractivity contribution >= 4 is 39.4 Å². The first-order chi connectivity index (χ1) is 13.1. The zero-order valence-electron chi connectivity index (χ0n) is 14.4. The largest absolute Gasteiger partial charge is 0.497 e. The molecule has 0 bridgehead atoms. The van der Waals surface area contributed by atoms with Crippen LogP contribution in [0.2, 0.25) is 0 Å². The second-order valence-electron chi connectivity index (χ2n) is 6.01. The normalized spacial score (nSPS) is 11.0. The van der Waals surface area contributed by atoms with Crippen molar-refractivity contribution in [2.45, 2.75) is 6.42 Å². The van der Waals surface area contributed by atoms with Gasteiger partial charge in [-0.3, -0.25) is 9.59 Å². The number of furan rings is 2. The van der Waals surface area contributed by atoms with Crippen molar-refractivity contribution in [3.63, 3.8) is 0 Å². The number of methoxy groups -OCH3 is 1. The Kier molecular flexibility index (Phi) is 4.04. The highest BCUT2D eigenvalue weighted by Gasteiger charge is 2.21. The minimum atomic E-state index is -0.748. The molecule has 0 saturated heterocycles. The fraction of sp³-hybridized carbons (Fsp3) is 0.100. The van der Waals surface area contributed by atoms with Crippen molar-refractivity contribution in [1.82, 2.24) is 0 Å². The fourth-order valence-electron chi connectivity index (χ4n) is 3.03. The van der Waals surface area contributed by atoms with Crippen LogP contribution >= 0.6 is 0 Å². The Labute approximate surface area is 153 Å². The maximum absolute atomic E-state index is 12.6. The van der Waals surface area contributed by atoms with Gasteiger partial charge in [-0.05, 0) is 24.3 Å². The van der Waals surface area contributed by atoms with Gasteiger partial charge in [0.25, 0.3) is 5.91 Å². The average Bonchev–Trinajstić information content (AvgIpc) is 3.23. The number of carbonyl (C=O) groups excluding carboxylic acids is 2. The monoisotopic (exact) mass is 364 g/mol. The van der Waals surface area contributed by atoms with Crippen molar-refractivity contribution in [3.05, 3.63) is 60.1 Å². The Hall–Kier alpha value is -3.74. The van der Waals surface area contributed by atoms with Gasteiger partial charge in [0.2, 0.25) is 11.7 Å². The van der Waals surface area contributed by atoms with Gasteiger partial charge in [-0.15, -0.1) is 0 Å². The number of benzene rings is 2. The molecule has 3 N–H and O–H groups in total. The molecule has 0 aliphatic rings. The Morgan fingerprint density at radius 3 is 2.70 bits per heavy atom. The summed E-state index contributed by atoms with van der Waals surface area (Å²) in [6, 6.07) is 12.4. The van der Waals surface area contributed by atoms with E-state index in [-0.39, 0.29) is 23.8 Å². The standard InChI is InChI=1S/C20H16N2O5/c1-25-12-6-7-13-11(10-26-16(13)9-12)8-17(23)22-18-14-4-2-3-5-15(14)27-19(18)20(21)24/h2-7,9-10H,8H2,1H3,(H2,21,24)(H,22,23). The van der Waals surface area contributed by atoms with Crippen molar-refractivity contribution in [3.8, 4) is 5.75 Å². The van der Waals surface area contributed by atoms with Crippen LogP contribution in [0.3, 0.4) is 0 Å². The van der Waals surface area contributed by atoms with Crippen LogP contribution in [0.15, 0.2) is 57.6 Å². The van der Waals surface area contributed by atoms with E-state index in [0.717, 1.165) is 10.9 Å². The van der Waals surface area contributed by atoms with E-state index in [1.165, 1.54) is 6.26 Å². The van der Waals surface area contributed by atoms with Crippen LogP contribution in [-0.4, -0.2) is 18.9 Å². The molecular weight excluding hydrogens is 348 g/mol. The molecule has 0 atom stereocenters. The predicted molar refractivity (Wildman–Crippen MR) is 99.8 cm³/mol. The molecule has 0 radical (unpaired) electrons. The summed E-state index contributed by atoms with van der Waals surface area (Å²) in [6.45, 7) is 0. The zero-order chi connectivity index (χ0) is 19.0. The third kappa shape index (κ3) is 2.99. The molecule has 0 fully saturated rings. The van der Waals surface area contributed by atoms with Crippen molar-refractivity contribution < 1.29 is 23.2 Å². The Morgan fingerprint density at radius 1 is 1.11 bits per heavy atom. The summed E-state index contributed by atoms with van der Waals surface area (Å²) in [7, 11) is 1.57. The van der Waals surface area contributed by atoms with Crippen LogP contribution < -0.4 is 15.8 Å². The molecule has 2 heterocycles. The van der Waals surface area contributed by atoms with Crippen LogP contribution in [0, 0.1) is 0 Å². The third-order valence-corrected chi connectivity index (χ3v) is 4.30. The second kappa shape index (κ2) is 6.53. The highest BCUT2D eigenvalue weighted by Crippen LogP contribution is 2.31. The first kappa shape index (κ1) is 16.7. The summed E-state index contributed by atoms with van der Waals surface area (Å²) in [6.07, 6.45) is 1.60. The van der Waals surface area contributed by atoms with Gasteiger partial charge in [-0.25, -0.2) is 0 Å². The molecule has 0 unspecified atom stereocenters. The number of anilines is 1. The van der Waals surface area contributed by atoms with Crippen LogP contribution in [0.1, 0.15) is 16.1 Å². The van der Waals surface area contributed by atoms with Crippen molar-refractivity contribution in [2.75, 3.05) is 12.4 Å². The molecule has 0 saturated carbocycles. The van der Waals surface area contributed by atoms with E-state index < -0.39 is 5.91 Å². The Bertz CT molecular complexity index is 1170. The van der Waals surface area contributed by atoms with Gasteiger partial charge in [0, 0.05) is 22.4 Å². The van der Waals surface area contributed by atoms with Gasteiger partial charge in [-0.1, -0.05) is 12.1 Å². The molecule has 7 heteroatoms. The first-order valence-electron chi connectivity index (χ1n) is 8.22. The molecule has 4 aromatic rings. The highest BCUT2D eigenvalue weighted by molar-refractivity contribution is 6.10. The van der Waals surface area contributed by atoms with E-state index in [1.54, 1.807) is 43.5 Å². The number of hydrogen-bond donors (Lipinski definition) is 2. The molecule has 27 heavy (non-hydrogen) atoms. The SMILES string of the molecule is COc1ccc2c(CC(=O)Nc3c(C(N)=O)oc4ccccc34)coc2c1. The van der Waals surface area contributed by atoms with Crippen molar-refractivity contribution in [1.29, 1.82) is 0 Å². The summed E-state index contributed by atoms with van der Waals surface area (Å²) < 4.78 is 16.1. The number of para-hydroxylation sites is 1. The van der Waals surface area contributed by atoms with E-state index in [2.05, 4.69) is 5.32 Å². The molecule has 2 aromatic heterocycles. The topological polar surface area (TPSA) is 108 Å². The average molecular weight is 364 g/mol. The van der Waals surface area contributed by atoms with Gasteiger partial charge in [0.05, 0.1) is 19.8 Å². The molecule has 2 amide bonds. The van der Waals surface area contributed by atoms with Crippen LogP contribution in [0.25, 0.3) is 21.9 Å². The molecular formula is C20H16N2O5. The summed E-state index contributed by atoms with van der Waals surface area (Å²) in [5.41, 5.74) is 7.48. The lowest BCUT2D eigenvalue weighted by Gasteiger charge is -2.04. The minimum Gasteiger partial charge on any atom is -0.497 e. The molecule has 0 aliphatic heterocycles. The second-order valence-corrected chi connectivity index (χ2v) is 6.01. The number of hydrogen-bond acceptors (Lipinski definition) is 5. The summed E-state index contributed by atoms with van der Waals surface area (Å²) in [5, 5.41) is 4.17. The Morgan fingerprint density at radius 2 is 1.93 bits per heavy atom. The van der Waals surface area contributed by atoms with E-state index >= 15 is 0 Å². The van der Waals surface area contributed by atoms with Gasteiger partial charge in [0.15, 0.2) is 0 Å². The lowest BCUT2D eigenvalue weighted by Crippen LogP contribution is -2.18. The van der Waals surface area contributed by atoms with Crippen molar-refractivity contribution in [2.24, 2.45) is 5.73 Å². The Balaban J connectivity index is 1.63. The number of amides is 2. The zero-order valence-corrected chi connectivity index (χ0v) is 14.4. The maximum atomic E-state index is 12.6. The van der Waals surface area contributed by atoms with Crippen LogP contribution in [0.5, 0.6) is 5.75 Å². The lowest BCUT2D eigenvalue weighted by molar-refractivity contribution is -0.115. The number of rotatable bonds is 5. The number of primary amides is 1. The van der Waals surface area contributed by atoms with E-state index in [0.29, 0.717) is 22.3 Å². The number of carbonyl (C=O) groups is 2. The molecule has 0 aliphatic carbocycles. The highest BCUT2D eigenvalue weighted by atomic mass is 16.5.